The molecular weight excluding hydrogens is 276 g/mol. The van der Waals surface area contributed by atoms with E-state index >= 15 is 0 Å². The van der Waals surface area contributed by atoms with Crippen LogP contribution >= 0.6 is 11.8 Å². The van der Waals surface area contributed by atoms with E-state index in [2.05, 4.69) is 0 Å². The summed E-state index contributed by atoms with van der Waals surface area (Å²) in [6.45, 7) is 2.52. The summed E-state index contributed by atoms with van der Waals surface area (Å²) >= 11 is 1.22. The molecule has 1 aromatic heterocycles. The number of nitrogens with zero attached hydrogens (tertiary/aromatic N) is 1. The van der Waals surface area contributed by atoms with E-state index in [0.29, 0.717) is 23.2 Å². The number of carbonyl (C=O) groups excluding carboxylic acids is 2. The largest absolute Gasteiger partial charge is 0.507 e. The van der Waals surface area contributed by atoms with Crippen LogP contribution in [0.3, 0.4) is 0 Å². The van der Waals surface area contributed by atoms with Gasteiger partial charge in [0.25, 0.3) is 0 Å². The average Bonchev–Trinajstić information content (AvgIpc) is 2.75. The number of rotatable bonds is 2. The highest BCUT2D eigenvalue weighted by molar-refractivity contribution is 8.01. The summed E-state index contributed by atoms with van der Waals surface area (Å²) in [4.78, 5) is 23.9. The number of primary amides is 1. The number of ketones is 1. The van der Waals surface area contributed by atoms with Crippen LogP contribution in [0.15, 0.2) is 18.2 Å². The van der Waals surface area contributed by atoms with E-state index in [0.717, 1.165) is 5.52 Å². The lowest BCUT2D eigenvalue weighted by Crippen LogP contribution is -2.26. The number of carbonyl (C=O) groups is 2. The van der Waals surface area contributed by atoms with E-state index in [-0.39, 0.29) is 17.3 Å². The molecule has 3 N–H and O–H groups in total. The van der Waals surface area contributed by atoms with Gasteiger partial charge in [-0.15, -0.1) is 11.8 Å². The van der Waals surface area contributed by atoms with Crippen molar-refractivity contribution < 1.29 is 14.7 Å². The number of aromatic nitrogens is 1. The number of benzene rings is 1. The molecule has 1 unspecified atom stereocenters. The lowest BCUT2D eigenvalue weighted by Gasteiger charge is -2.20. The quantitative estimate of drug-likeness (QED) is 0.883. The molecule has 3 rings (SSSR count). The van der Waals surface area contributed by atoms with Crippen LogP contribution in [0.4, 0.5) is 0 Å². The van der Waals surface area contributed by atoms with Crippen LogP contribution in [0.5, 0.6) is 5.75 Å². The maximum Gasteiger partial charge on any atom is 0.235 e. The molecule has 0 aliphatic carbocycles. The van der Waals surface area contributed by atoms with Crippen molar-refractivity contribution >= 4 is 34.4 Å². The summed E-state index contributed by atoms with van der Waals surface area (Å²) in [6, 6.07) is 5.13. The summed E-state index contributed by atoms with van der Waals surface area (Å²) in [7, 11) is 0. The van der Waals surface area contributed by atoms with E-state index in [1.165, 1.54) is 11.8 Å². The molecule has 5 nitrogen and oxygen atoms in total. The zero-order chi connectivity index (χ0) is 14.4. The Morgan fingerprint density at radius 1 is 1.55 bits per heavy atom. The number of fused-ring (bicyclic) bond motifs is 3. The molecule has 0 saturated carbocycles. The second-order valence-corrected chi connectivity index (χ2v) is 5.79. The minimum atomic E-state index is -0.591. The van der Waals surface area contributed by atoms with E-state index < -0.39 is 11.2 Å². The van der Waals surface area contributed by atoms with Gasteiger partial charge in [0.1, 0.15) is 11.0 Å². The Balaban J connectivity index is 2.47. The molecule has 0 saturated heterocycles. The fourth-order valence-electron chi connectivity index (χ4n) is 2.83. The lowest BCUT2D eigenvalue weighted by atomic mass is 10.0. The zero-order valence-electron chi connectivity index (χ0n) is 10.9. The normalized spacial score (nSPS) is 18.2. The standard InChI is InChI=1S/C14H14N2O3S/c1-2-16-7-4-3-5-8(17)10(7)11-12(16)9(18)6-20-13(11)14(15)19/h3-5,13,17H,2,6H2,1H3,(H2,15,19). The van der Waals surface area contributed by atoms with Crippen molar-refractivity contribution in [2.75, 3.05) is 5.75 Å². The van der Waals surface area contributed by atoms with Crippen LogP contribution in [0.1, 0.15) is 28.2 Å². The number of amides is 1. The number of aromatic hydroxyl groups is 1. The van der Waals surface area contributed by atoms with Crippen LogP contribution in [-0.2, 0) is 11.3 Å². The SMILES string of the molecule is CCn1c2c(c3c(O)cccc31)C(C(N)=O)SCC2=O. The van der Waals surface area contributed by atoms with Crippen molar-refractivity contribution in [3.05, 3.63) is 29.5 Å². The lowest BCUT2D eigenvalue weighted by molar-refractivity contribution is -0.117. The molecule has 1 aliphatic heterocycles. The molecule has 6 heteroatoms. The van der Waals surface area contributed by atoms with E-state index in [9.17, 15) is 14.7 Å². The molecule has 0 radical (unpaired) electrons. The molecule has 0 fully saturated rings. The van der Waals surface area contributed by atoms with Crippen LogP contribution in [0.2, 0.25) is 0 Å². The van der Waals surface area contributed by atoms with Gasteiger partial charge in [-0.3, -0.25) is 9.59 Å². The van der Waals surface area contributed by atoms with Crippen LogP contribution in [0, 0.1) is 0 Å². The summed E-state index contributed by atoms with van der Waals surface area (Å²) < 4.78 is 1.85. The molecular formula is C14H14N2O3S. The number of phenols is 1. The fraction of sp³-hybridized carbons (Fsp3) is 0.286. The third-order valence-electron chi connectivity index (χ3n) is 3.59. The van der Waals surface area contributed by atoms with Crippen LogP contribution in [-0.4, -0.2) is 27.1 Å². The molecule has 1 aliphatic rings. The molecule has 2 heterocycles. The van der Waals surface area contributed by atoms with Gasteiger partial charge < -0.3 is 15.4 Å². The van der Waals surface area contributed by atoms with Crippen molar-refractivity contribution in [3.63, 3.8) is 0 Å². The highest BCUT2D eigenvalue weighted by Gasteiger charge is 2.36. The van der Waals surface area contributed by atoms with E-state index in [1.807, 2.05) is 17.6 Å². The van der Waals surface area contributed by atoms with Gasteiger partial charge in [-0.05, 0) is 19.1 Å². The molecule has 1 amide bonds. The fourth-order valence-corrected chi connectivity index (χ4v) is 3.85. The smallest absolute Gasteiger partial charge is 0.235 e. The van der Waals surface area contributed by atoms with Gasteiger partial charge >= 0.3 is 0 Å². The van der Waals surface area contributed by atoms with Crippen molar-refractivity contribution in [2.24, 2.45) is 5.73 Å². The number of hydrogen-bond acceptors (Lipinski definition) is 4. The van der Waals surface area contributed by atoms with Gasteiger partial charge in [0.05, 0.1) is 17.0 Å². The number of aryl methyl sites for hydroxylation is 1. The summed E-state index contributed by atoms with van der Waals surface area (Å²) in [5.41, 5.74) is 7.29. The Bertz CT molecular complexity index is 736. The number of phenolic OH excluding ortho intramolecular Hbond substituents is 1. The van der Waals surface area contributed by atoms with Crippen molar-refractivity contribution in [1.29, 1.82) is 0 Å². The molecule has 2 aromatic rings. The first kappa shape index (κ1) is 13.1. The van der Waals surface area contributed by atoms with Gasteiger partial charge in [-0.2, -0.15) is 0 Å². The van der Waals surface area contributed by atoms with Crippen LogP contribution in [0.25, 0.3) is 10.9 Å². The minimum absolute atomic E-state index is 0.0278. The van der Waals surface area contributed by atoms with Crippen molar-refractivity contribution in [3.8, 4) is 5.75 Å². The summed E-state index contributed by atoms with van der Waals surface area (Å²) in [6.07, 6.45) is 0. The Kier molecular flexibility index (Phi) is 2.97. The number of Topliss-reactive ketones (excluding diaryl/α,β-unsaturated/α-hetero) is 1. The third-order valence-corrected chi connectivity index (χ3v) is 4.82. The predicted molar refractivity (Wildman–Crippen MR) is 78.0 cm³/mol. The molecule has 1 aromatic carbocycles. The first-order valence-electron chi connectivity index (χ1n) is 6.34. The molecule has 0 spiro atoms. The molecule has 0 bridgehead atoms. The van der Waals surface area contributed by atoms with Gasteiger partial charge in [-0.25, -0.2) is 0 Å². The second kappa shape index (κ2) is 4.56. The number of nitrogens with two attached hydrogens (primary N) is 1. The first-order chi connectivity index (χ1) is 9.56. The first-order valence-corrected chi connectivity index (χ1v) is 7.39. The Morgan fingerprint density at radius 2 is 2.30 bits per heavy atom. The third kappa shape index (κ3) is 1.64. The van der Waals surface area contributed by atoms with E-state index in [1.54, 1.807) is 12.1 Å². The highest BCUT2D eigenvalue weighted by atomic mass is 32.2. The predicted octanol–water partition coefficient (Wildman–Crippen LogP) is 1.82. The number of thioether (sulfide) groups is 1. The summed E-state index contributed by atoms with van der Waals surface area (Å²) in [5, 5.41) is 10.1. The molecule has 1 atom stereocenters. The molecule has 20 heavy (non-hydrogen) atoms. The maximum atomic E-state index is 12.2. The Labute approximate surface area is 119 Å². The van der Waals surface area contributed by atoms with Crippen LogP contribution < -0.4 is 5.73 Å². The highest BCUT2D eigenvalue weighted by Crippen LogP contribution is 2.45. The zero-order valence-corrected chi connectivity index (χ0v) is 11.7. The topological polar surface area (TPSA) is 85.3 Å². The van der Waals surface area contributed by atoms with Gasteiger partial charge in [0, 0.05) is 17.5 Å². The van der Waals surface area contributed by atoms with Crippen molar-refractivity contribution in [1.82, 2.24) is 4.57 Å². The molecule has 104 valence electrons. The van der Waals surface area contributed by atoms with Gasteiger partial charge in [-0.1, -0.05) is 6.07 Å². The maximum absolute atomic E-state index is 12.2. The summed E-state index contributed by atoms with van der Waals surface area (Å²) in [5.74, 6) is -0.202. The minimum Gasteiger partial charge on any atom is -0.507 e. The second-order valence-electron chi connectivity index (χ2n) is 4.69. The van der Waals surface area contributed by atoms with E-state index in [4.69, 9.17) is 5.73 Å². The van der Waals surface area contributed by atoms with Gasteiger partial charge in [0.2, 0.25) is 5.91 Å². The Hall–Kier alpha value is -1.95. The average molecular weight is 290 g/mol. The monoisotopic (exact) mass is 290 g/mol. The van der Waals surface area contributed by atoms with Gasteiger partial charge in [0.15, 0.2) is 5.78 Å². The Morgan fingerprint density at radius 3 is 2.95 bits per heavy atom. The van der Waals surface area contributed by atoms with Crippen molar-refractivity contribution in [2.45, 2.75) is 18.7 Å². The number of hydrogen-bond donors (Lipinski definition) is 2.